The van der Waals surface area contributed by atoms with Crippen LogP contribution >= 0.6 is 0 Å². The predicted octanol–water partition coefficient (Wildman–Crippen LogP) is 0.438. The summed E-state index contributed by atoms with van der Waals surface area (Å²) in [5.41, 5.74) is 1.85. The molecule has 2 N–H and O–H groups in total. The molecule has 0 aliphatic heterocycles. The van der Waals surface area contributed by atoms with Crippen LogP contribution in [0.1, 0.15) is 21.7 Å². The van der Waals surface area contributed by atoms with E-state index in [9.17, 15) is 4.79 Å². The molecule has 6 heteroatoms. The Kier molecular flexibility index (Phi) is 2.90. The van der Waals surface area contributed by atoms with Gasteiger partial charge in [-0.1, -0.05) is 6.07 Å². The van der Waals surface area contributed by atoms with Gasteiger partial charge >= 0.3 is 0 Å². The van der Waals surface area contributed by atoms with Gasteiger partial charge in [-0.2, -0.15) is 15.4 Å². The molecule has 0 saturated carbocycles. The number of pyridine rings is 1. The van der Waals surface area contributed by atoms with Crippen molar-refractivity contribution in [1.82, 2.24) is 25.7 Å². The van der Waals surface area contributed by atoms with Crippen LogP contribution in [0.2, 0.25) is 0 Å². The van der Waals surface area contributed by atoms with Crippen LogP contribution in [0.3, 0.4) is 0 Å². The standard InChI is InChI=1S/C10H11N5O/c1-7-9(14-15-13-7)10(16)12-6-8-3-2-4-11-5-8/h2-5H,6H2,1H3,(H,12,16)(H,13,14,15). The third-order valence-electron chi connectivity index (χ3n) is 2.11. The Labute approximate surface area is 92.1 Å². The van der Waals surface area contributed by atoms with Crippen molar-refractivity contribution in [3.05, 3.63) is 41.5 Å². The lowest BCUT2D eigenvalue weighted by molar-refractivity contribution is 0.0945. The zero-order chi connectivity index (χ0) is 11.4. The minimum atomic E-state index is -0.241. The second-order valence-corrected chi connectivity index (χ2v) is 3.30. The van der Waals surface area contributed by atoms with Gasteiger partial charge < -0.3 is 5.32 Å². The van der Waals surface area contributed by atoms with Gasteiger partial charge in [0.25, 0.3) is 5.91 Å². The van der Waals surface area contributed by atoms with E-state index < -0.39 is 0 Å². The fourth-order valence-corrected chi connectivity index (χ4v) is 1.27. The van der Waals surface area contributed by atoms with Crippen molar-refractivity contribution in [3.8, 4) is 0 Å². The van der Waals surface area contributed by atoms with E-state index in [1.165, 1.54) is 0 Å². The van der Waals surface area contributed by atoms with E-state index in [1.807, 2.05) is 12.1 Å². The largest absolute Gasteiger partial charge is 0.346 e. The minimum Gasteiger partial charge on any atom is -0.346 e. The van der Waals surface area contributed by atoms with Gasteiger partial charge in [0.05, 0.1) is 5.69 Å². The average molecular weight is 217 g/mol. The second-order valence-electron chi connectivity index (χ2n) is 3.30. The zero-order valence-electron chi connectivity index (χ0n) is 8.77. The van der Waals surface area contributed by atoms with E-state index in [0.717, 1.165) is 5.56 Å². The van der Waals surface area contributed by atoms with Crippen LogP contribution in [0.4, 0.5) is 0 Å². The number of rotatable bonds is 3. The molecule has 0 bridgehead atoms. The topological polar surface area (TPSA) is 83.6 Å². The van der Waals surface area contributed by atoms with Gasteiger partial charge in [-0.15, -0.1) is 0 Å². The Bertz CT molecular complexity index is 479. The molecule has 82 valence electrons. The maximum atomic E-state index is 11.6. The Hall–Kier alpha value is -2.24. The van der Waals surface area contributed by atoms with Crippen molar-refractivity contribution in [3.63, 3.8) is 0 Å². The number of hydrogen-bond acceptors (Lipinski definition) is 4. The molecule has 0 unspecified atom stereocenters. The molecule has 0 fully saturated rings. The minimum absolute atomic E-state index is 0.241. The Morgan fingerprint density at radius 2 is 2.38 bits per heavy atom. The average Bonchev–Trinajstić information content (AvgIpc) is 2.74. The Balaban J connectivity index is 1.97. The van der Waals surface area contributed by atoms with Crippen LogP contribution in [0.5, 0.6) is 0 Å². The lowest BCUT2D eigenvalue weighted by Crippen LogP contribution is -2.24. The van der Waals surface area contributed by atoms with Crippen LogP contribution in [-0.2, 0) is 6.54 Å². The predicted molar refractivity (Wildman–Crippen MR) is 56.5 cm³/mol. The van der Waals surface area contributed by atoms with Gasteiger partial charge in [-0.25, -0.2) is 0 Å². The van der Waals surface area contributed by atoms with Crippen molar-refractivity contribution in [2.24, 2.45) is 0 Å². The van der Waals surface area contributed by atoms with Crippen LogP contribution in [-0.4, -0.2) is 26.3 Å². The molecule has 2 aromatic heterocycles. The molecular formula is C10H11N5O. The fourth-order valence-electron chi connectivity index (χ4n) is 1.27. The SMILES string of the molecule is Cc1n[nH]nc1C(=O)NCc1cccnc1. The number of hydrogen-bond donors (Lipinski definition) is 2. The molecule has 2 heterocycles. The van der Waals surface area contributed by atoms with Crippen LogP contribution in [0.15, 0.2) is 24.5 Å². The summed E-state index contributed by atoms with van der Waals surface area (Å²) in [5, 5.41) is 12.7. The first-order chi connectivity index (χ1) is 7.77. The smallest absolute Gasteiger partial charge is 0.274 e. The second kappa shape index (κ2) is 4.52. The van der Waals surface area contributed by atoms with Crippen LogP contribution < -0.4 is 5.32 Å². The number of nitrogens with zero attached hydrogens (tertiary/aromatic N) is 3. The molecular weight excluding hydrogens is 206 g/mol. The lowest BCUT2D eigenvalue weighted by atomic mass is 10.2. The van der Waals surface area contributed by atoms with Gasteiger partial charge in [0, 0.05) is 18.9 Å². The molecule has 0 aromatic carbocycles. The highest BCUT2D eigenvalue weighted by Crippen LogP contribution is 1.99. The number of amides is 1. The van der Waals surface area contributed by atoms with Crippen LogP contribution in [0.25, 0.3) is 0 Å². The fraction of sp³-hybridized carbons (Fsp3) is 0.200. The number of nitrogens with one attached hydrogen (secondary N) is 2. The molecule has 0 radical (unpaired) electrons. The maximum Gasteiger partial charge on any atom is 0.274 e. The molecule has 2 rings (SSSR count). The van der Waals surface area contributed by atoms with E-state index in [2.05, 4.69) is 25.7 Å². The molecule has 0 aliphatic rings. The molecule has 0 saturated heterocycles. The van der Waals surface area contributed by atoms with Crippen molar-refractivity contribution in [2.75, 3.05) is 0 Å². The first kappa shape index (κ1) is 10.3. The van der Waals surface area contributed by atoms with E-state index in [4.69, 9.17) is 0 Å². The van der Waals surface area contributed by atoms with Crippen molar-refractivity contribution in [1.29, 1.82) is 0 Å². The quantitative estimate of drug-likeness (QED) is 0.781. The normalized spacial score (nSPS) is 10.1. The van der Waals surface area contributed by atoms with Gasteiger partial charge in [-0.3, -0.25) is 9.78 Å². The summed E-state index contributed by atoms with van der Waals surface area (Å²) in [6.07, 6.45) is 3.39. The summed E-state index contributed by atoms with van der Waals surface area (Å²) in [7, 11) is 0. The molecule has 0 spiro atoms. The zero-order valence-corrected chi connectivity index (χ0v) is 8.77. The summed E-state index contributed by atoms with van der Waals surface area (Å²) >= 11 is 0. The highest BCUT2D eigenvalue weighted by molar-refractivity contribution is 5.92. The van der Waals surface area contributed by atoms with Crippen molar-refractivity contribution in [2.45, 2.75) is 13.5 Å². The highest BCUT2D eigenvalue weighted by atomic mass is 16.2. The van der Waals surface area contributed by atoms with E-state index in [0.29, 0.717) is 17.9 Å². The molecule has 2 aromatic rings. The summed E-state index contributed by atoms with van der Waals surface area (Å²) in [6.45, 7) is 2.15. The maximum absolute atomic E-state index is 11.6. The molecule has 16 heavy (non-hydrogen) atoms. The van der Waals surface area contributed by atoms with Crippen molar-refractivity contribution < 1.29 is 4.79 Å². The summed E-state index contributed by atoms with van der Waals surface area (Å²) in [4.78, 5) is 15.6. The number of carbonyl (C=O) groups is 1. The first-order valence-corrected chi connectivity index (χ1v) is 4.82. The third kappa shape index (κ3) is 2.22. The number of H-pyrrole nitrogens is 1. The van der Waals surface area contributed by atoms with E-state index in [-0.39, 0.29) is 5.91 Å². The van der Waals surface area contributed by atoms with E-state index in [1.54, 1.807) is 19.3 Å². The highest BCUT2D eigenvalue weighted by Gasteiger charge is 2.12. The number of aryl methyl sites for hydroxylation is 1. The van der Waals surface area contributed by atoms with Gasteiger partial charge in [0.1, 0.15) is 0 Å². The van der Waals surface area contributed by atoms with Gasteiger partial charge in [-0.05, 0) is 18.6 Å². The molecule has 0 aliphatic carbocycles. The van der Waals surface area contributed by atoms with Gasteiger partial charge in [0.2, 0.25) is 0 Å². The van der Waals surface area contributed by atoms with Crippen LogP contribution in [0, 0.1) is 6.92 Å². The molecule has 0 atom stereocenters. The molecule has 1 amide bonds. The number of carbonyl (C=O) groups excluding carboxylic acids is 1. The van der Waals surface area contributed by atoms with E-state index >= 15 is 0 Å². The van der Waals surface area contributed by atoms with Crippen molar-refractivity contribution >= 4 is 5.91 Å². The first-order valence-electron chi connectivity index (χ1n) is 4.82. The third-order valence-corrected chi connectivity index (χ3v) is 2.11. The monoisotopic (exact) mass is 217 g/mol. The summed E-state index contributed by atoms with van der Waals surface area (Å²) in [6, 6.07) is 3.71. The van der Waals surface area contributed by atoms with Gasteiger partial charge in [0.15, 0.2) is 5.69 Å². The Morgan fingerprint density at radius 1 is 1.50 bits per heavy atom. The number of aromatic nitrogens is 4. The summed E-state index contributed by atoms with van der Waals surface area (Å²) < 4.78 is 0. The molecule has 6 nitrogen and oxygen atoms in total. The number of aromatic amines is 1. The summed E-state index contributed by atoms with van der Waals surface area (Å²) in [5.74, 6) is -0.241. The Morgan fingerprint density at radius 3 is 3.00 bits per heavy atom. The lowest BCUT2D eigenvalue weighted by Gasteiger charge is -2.02.